The fourth-order valence-corrected chi connectivity index (χ4v) is 1.43. The van der Waals surface area contributed by atoms with Gasteiger partial charge in [0.1, 0.15) is 5.82 Å². The van der Waals surface area contributed by atoms with Crippen LogP contribution in [0.4, 0.5) is 8.78 Å². The van der Waals surface area contributed by atoms with Gasteiger partial charge in [0, 0.05) is 5.56 Å². The highest BCUT2D eigenvalue weighted by atomic mass is 32.2. The van der Waals surface area contributed by atoms with Gasteiger partial charge in [-0.25, -0.2) is 8.78 Å². The van der Waals surface area contributed by atoms with E-state index in [2.05, 4.69) is 0 Å². The maximum atomic E-state index is 13.0. The number of hydrogen-bond acceptors (Lipinski definition) is 2. The van der Waals surface area contributed by atoms with Crippen LogP contribution >= 0.6 is 11.8 Å². The average molecular weight is 204 g/mol. The smallest absolute Gasteiger partial charge is 0.165 e. The molecule has 0 radical (unpaired) electrons. The van der Waals surface area contributed by atoms with E-state index >= 15 is 0 Å². The van der Waals surface area contributed by atoms with Crippen LogP contribution in [0.15, 0.2) is 12.1 Å². The molecule has 0 spiro atoms. The first-order chi connectivity index (χ1) is 6.16. The molecule has 0 amide bonds. The molecule has 1 aromatic carbocycles. The maximum Gasteiger partial charge on any atom is 0.165 e. The normalized spacial score (nSPS) is 10.4. The standard InChI is InChI=1S/C9H10F2OS/c1-13-5-4-6-7(10)2-3-8(11)9(6)12/h2-3,12H,4-5H2,1H3. The monoisotopic (exact) mass is 204 g/mol. The van der Waals surface area contributed by atoms with E-state index in [1.807, 2.05) is 6.26 Å². The van der Waals surface area contributed by atoms with Gasteiger partial charge in [-0.15, -0.1) is 0 Å². The van der Waals surface area contributed by atoms with Gasteiger partial charge in [0.05, 0.1) is 0 Å². The average Bonchev–Trinajstić information content (AvgIpc) is 2.12. The number of hydrogen-bond donors (Lipinski definition) is 1. The van der Waals surface area contributed by atoms with Crippen molar-refractivity contribution >= 4 is 11.8 Å². The number of thioether (sulfide) groups is 1. The fraction of sp³-hybridized carbons (Fsp3) is 0.333. The van der Waals surface area contributed by atoms with Gasteiger partial charge in [0.25, 0.3) is 0 Å². The summed E-state index contributed by atoms with van der Waals surface area (Å²) in [5.74, 6) is -1.21. The number of halogens is 2. The third-order valence-electron chi connectivity index (χ3n) is 1.73. The van der Waals surface area contributed by atoms with Gasteiger partial charge >= 0.3 is 0 Å². The number of benzene rings is 1. The fourth-order valence-electron chi connectivity index (χ4n) is 1.03. The van der Waals surface area contributed by atoms with Gasteiger partial charge < -0.3 is 5.11 Å². The zero-order chi connectivity index (χ0) is 9.84. The predicted octanol–water partition coefficient (Wildman–Crippen LogP) is 2.58. The minimum Gasteiger partial charge on any atom is -0.505 e. The molecule has 0 aromatic heterocycles. The van der Waals surface area contributed by atoms with Crippen LogP contribution in [0.25, 0.3) is 0 Å². The molecule has 1 nitrogen and oxygen atoms in total. The zero-order valence-electron chi connectivity index (χ0n) is 7.18. The van der Waals surface area contributed by atoms with Crippen LogP contribution < -0.4 is 0 Å². The van der Waals surface area contributed by atoms with E-state index in [0.717, 1.165) is 12.1 Å². The SMILES string of the molecule is CSCCc1c(F)ccc(F)c1O. The first-order valence-electron chi connectivity index (χ1n) is 3.81. The van der Waals surface area contributed by atoms with Gasteiger partial charge in [-0.1, -0.05) is 0 Å². The molecule has 0 saturated carbocycles. The largest absolute Gasteiger partial charge is 0.505 e. The molecule has 1 rings (SSSR count). The van der Waals surface area contributed by atoms with Gasteiger partial charge in [0.2, 0.25) is 0 Å². The van der Waals surface area contributed by atoms with E-state index in [1.165, 1.54) is 11.8 Å². The molecule has 13 heavy (non-hydrogen) atoms. The van der Waals surface area contributed by atoms with Crippen LogP contribution in [0.1, 0.15) is 5.56 Å². The second kappa shape index (κ2) is 4.46. The molecule has 1 aromatic rings. The Balaban J connectivity index is 2.96. The van der Waals surface area contributed by atoms with Crippen LogP contribution in [0.5, 0.6) is 5.75 Å². The first-order valence-corrected chi connectivity index (χ1v) is 5.21. The summed E-state index contributed by atoms with van der Waals surface area (Å²) >= 11 is 1.52. The molecule has 0 saturated heterocycles. The Morgan fingerprint density at radius 1 is 1.31 bits per heavy atom. The predicted molar refractivity (Wildman–Crippen MR) is 50.1 cm³/mol. The van der Waals surface area contributed by atoms with Crippen molar-refractivity contribution in [1.29, 1.82) is 0 Å². The Morgan fingerprint density at radius 2 is 1.92 bits per heavy atom. The molecular weight excluding hydrogens is 194 g/mol. The van der Waals surface area contributed by atoms with E-state index in [0.29, 0.717) is 12.2 Å². The Morgan fingerprint density at radius 3 is 2.54 bits per heavy atom. The molecule has 0 aliphatic heterocycles. The van der Waals surface area contributed by atoms with Crippen molar-refractivity contribution in [2.45, 2.75) is 6.42 Å². The number of phenols is 1. The van der Waals surface area contributed by atoms with Crippen molar-refractivity contribution < 1.29 is 13.9 Å². The van der Waals surface area contributed by atoms with Crippen molar-refractivity contribution in [3.63, 3.8) is 0 Å². The lowest BCUT2D eigenvalue weighted by atomic mass is 10.1. The first kappa shape index (κ1) is 10.3. The quantitative estimate of drug-likeness (QED) is 0.816. The molecule has 0 heterocycles. The lowest BCUT2D eigenvalue weighted by Crippen LogP contribution is -1.95. The van der Waals surface area contributed by atoms with E-state index < -0.39 is 17.4 Å². The van der Waals surface area contributed by atoms with Gasteiger partial charge in [0.15, 0.2) is 11.6 Å². The van der Waals surface area contributed by atoms with Crippen LogP contribution in [-0.2, 0) is 6.42 Å². The van der Waals surface area contributed by atoms with E-state index in [1.54, 1.807) is 0 Å². The summed E-state index contributed by atoms with van der Waals surface area (Å²) in [5, 5.41) is 9.18. The van der Waals surface area contributed by atoms with E-state index in [9.17, 15) is 13.9 Å². The molecule has 4 heteroatoms. The summed E-state index contributed by atoms with van der Waals surface area (Å²) in [5.41, 5.74) is 0.0642. The van der Waals surface area contributed by atoms with Gasteiger partial charge in [-0.2, -0.15) is 11.8 Å². The molecule has 0 unspecified atom stereocenters. The third-order valence-corrected chi connectivity index (χ3v) is 2.34. The summed E-state index contributed by atoms with van der Waals surface area (Å²) in [6.07, 6.45) is 2.21. The highest BCUT2D eigenvalue weighted by Gasteiger charge is 2.11. The van der Waals surface area contributed by atoms with Crippen molar-refractivity contribution in [2.24, 2.45) is 0 Å². The van der Waals surface area contributed by atoms with Crippen molar-refractivity contribution in [1.82, 2.24) is 0 Å². The number of rotatable bonds is 3. The second-order valence-corrected chi connectivity index (χ2v) is 3.58. The highest BCUT2D eigenvalue weighted by Crippen LogP contribution is 2.24. The highest BCUT2D eigenvalue weighted by molar-refractivity contribution is 7.98. The molecular formula is C9H10F2OS. The van der Waals surface area contributed by atoms with Crippen LogP contribution in [0.3, 0.4) is 0 Å². The summed E-state index contributed by atoms with van der Waals surface area (Å²) < 4.78 is 25.8. The lowest BCUT2D eigenvalue weighted by Gasteiger charge is -2.05. The topological polar surface area (TPSA) is 20.2 Å². The molecule has 72 valence electrons. The molecule has 0 aliphatic rings. The Hall–Kier alpha value is -0.770. The summed E-state index contributed by atoms with van der Waals surface area (Å²) in [4.78, 5) is 0. The maximum absolute atomic E-state index is 13.0. The molecule has 0 atom stereocenters. The van der Waals surface area contributed by atoms with E-state index in [4.69, 9.17) is 0 Å². The van der Waals surface area contributed by atoms with Crippen LogP contribution in [0.2, 0.25) is 0 Å². The minimum atomic E-state index is -0.766. The Kier molecular flexibility index (Phi) is 3.54. The summed E-state index contributed by atoms with van der Waals surface area (Å²) in [6.45, 7) is 0. The van der Waals surface area contributed by atoms with Crippen LogP contribution in [0, 0.1) is 11.6 Å². The Bertz CT molecular complexity index is 302. The number of aromatic hydroxyl groups is 1. The van der Waals surface area contributed by atoms with Crippen molar-refractivity contribution in [3.8, 4) is 5.75 Å². The molecule has 1 N–H and O–H groups in total. The lowest BCUT2D eigenvalue weighted by molar-refractivity contribution is 0.418. The Labute approximate surface area is 79.8 Å². The van der Waals surface area contributed by atoms with Gasteiger partial charge in [-0.05, 0) is 30.6 Å². The van der Waals surface area contributed by atoms with Crippen LogP contribution in [-0.4, -0.2) is 17.1 Å². The molecule has 0 bridgehead atoms. The summed E-state index contributed by atoms with van der Waals surface area (Å²) in [7, 11) is 0. The zero-order valence-corrected chi connectivity index (χ0v) is 8.00. The minimum absolute atomic E-state index is 0.0642. The number of phenolic OH excluding ortho intramolecular Hbond substituents is 1. The van der Waals surface area contributed by atoms with E-state index in [-0.39, 0.29) is 5.56 Å². The van der Waals surface area contributed by atoms with Crippen molar-refractivity contribution in [2.75, 3.05) is 12.0 Å². The third kappa shape index (κ3) is 2.34. The molecule has 0 aliphatic carbocycles. The summed E-state index contributed by atoms with van der Waals surface area (Å²) in [6, 6.07) is 1.96. The van der Waals surface area contributed by atoms with Gasteiger partial charge in [-0.3, -0.25) is 0 Å². The second-order valence-electron chi connectivity index (χ2n) is 2.60. The molecule has 0 fully saturated rings. The van der Waals surface area contributed by atoms with Crippen molar-refractivity contribution in [3.05, 3.63) is 29.3 Å².